The predicted molar refractivity (Wildman–Crippen MR) is 132 cm³/mol. The molecule has 0 saturated carbocycles. The number of carbonyl (C=O) groups is 1. The number of nitrogens with zero attached hydrogens (tertiary/aromatic N) is 6. The van der Waals surface area contributed by atoms with Crippen molar-refractivity contribution in [2.75, 3.05) is 68.8 Å². The molecule has 12 nitrogen and oxygen atoms in total. The third-order valence-electron chi connectivity index (χ3n) is 5.66. The van der Waals surface area contributed by atoms with Crippen LogP contribution in [0.2, 0.25) is 0 Å². The second-order valence-corrected chi connectivity index (χ2v) is 8.41. The SMILES string of the molecule is CN1CCN(CCNc2nc(NCc3cccnc3)nc(N[C@@H](CCCCN)C(=O)O)n2)CC1. The number of rotatable bonds is 14. The highest BCUT2D eigenvalue weighted by molar-refractivity contribution is 5.76. The maximum absolute atomic E-state index is 11.7. The zero-order chi connectivity index (χ0) is 24.2. The summed E-state index contributed by atoms with van der Waals surface area (Å²) >= 11 is 0. The molecule has 34 heavy (non-hydrogen) atoms. The van der Waals surface area contributed by atoms with Crippen LogP contribution in [0.4, 0.5) is 17.8 Å². The Morgan fingerprint density at radius 1 is 1.12 bits per heavy atom. The van der Waals surface area contributed by atoms with Gasteiger partial charge in [-0.15, -0.1) is 0 Å². The summed E-state index contributed by atoms with van der Waals surface area (Å²) in [6, 6.07) is 3.01. The lowest BCUT2D eigenvalue weighted by molar-refractivity contribution is -0.138. The third-order valence-corrected chi connectivity index (χ3v) is 5.66. The lowest BCUT2D eigenvalue weighted by Gasteiger charge is -2.32. The number of anilines is 3. The molecule has 0 aromatic carbocycles. The van der Waals surface area contributed by atoms with Crippen molar-refractivity contribution in [3.63, 3.8) is 0 Å². The second-order valence-electron chi connectivity index (χ2n) is 8.41. The quantitative estimate of drug-likeness (QED) is 0.243. The maximum atomic E-state index is 11.7. The van der Waals surface area contributed by atoms with Crippen LogP contribution in [0.3, 0.4) is 0 Å². The average molecular weight is 473 g/mol. The van der Waals surface area contributed by atoms with Crippen LogP contribution in [0, 0.1) is 0 Å². The van der Waals surface area contributed by atoms with Crippen LogP contribution in [0.15, 0.2) is 24.5 Å². The Labute approximate surface area is 200 Å². The van der Waals surface area contributed by atoms with Gasteiger partial charge in [0.15, 0.2) is 0 Å². The zero-order valence-corrected chi connectivity index (χ0v) is 19.8. The van der Waals surface area contributed by atoms with E-state index in [-0.39, 0.29) is 5.95 Å². The van der Waals surface area contributed by atoms with Gasteiger partial charge in [0.1, 0.15) is 6.04 Å². The minimum atomic E-state index is -0.952. The first kappa shape index (κ1) is 25.5. The molecule has 3 heterocycles. The fourth-order valence-electron chi connectivity index (χ4n) is 3.59. The Kier molecular flexibility index (Phi) is 10.2. The Morgan fingerprint density at radius 2 is 1.85 bits per heavy atom. The van der Waals surface area contributed by atoms with Crippen LogP contribution < -0.4 is 21.7 Å². The van der Waals surface area contributed by atoms with Crippen molar-refractivity contribution in [3.8, 4) is 0 Å². The van der Waals surface area contributed by atoms with Crippen molar-refractivity contribution >= 4 is 23.8 Å². The molecule has 0 spiro atoms. The summed E-state index contributed by atoms with van der Waals surface area (Å²) in [4.78, 5) is 33.9. The van der Waals surface area contributed by atoms with Gasteiger partial charge >= 0.3 is 5.97 Å². The molecular weight excluding hydrogens is 436 g/mol. The number of pyridine rings is 1. The van der Waals surface area contributed by atoms with E-state index in [1.807, 2.05) is 12.1 Å². The molecule has 0 bridgehead atoms. The lowest BCUT2D eigenvalue weighted by atomic mass is 10.1. The van der Waals surface area contributed by atoms with Gasteiger partial charge in [-0.05, 0) is 44.5 Å². The van der Waals surface area contributed by atoms with Crippen molar-refractivity contribution in [1.82, 2.24) is 29.7 Å². The standard InChI is InChI=1S/C22H36N10O2/c1-31-11-13-32(14-12-31)10-9-25-20-28-21(26-16-17-5-4-8-24-15-17)30-22(29-20)27-18(19(33)34)6-2-3-7-23/h4-5,8,15,18H,2-3,6-7,9-14,16,23H2,1H3,(H,33,34)(H3,25,26,27,28,29,30)/t18-/m0/s1. The molecule has 1 fully saturated rings. The molecule has 1 aliphatic rings. The van der Waals surface area contributed by atoms with Crippen LogP contribution in [0.25, 0.3) is 0 Å². The van der Waals surface area contributed by atoms with E-state index in [1.54, 1.807) is 12.4 Å². The molecule has 6 N–H and O–H groups in total. The molecule has 3 rings (SSSR count). The molecule has 0 amide bonds. The normalized spacial score (nSPS) is 15.6. The summed E-state index contributed by atoms with van der Waals surface area (Å²) in [6.07, 6.45) is 5.38. The smallest absolute Gasteiger partial charge is 0.326 e. The Hall–Kier alpha value is -3.09. The summed E-state index contributed by atoms with van der Waals surface area (Å²) < 4.78 is 0. The summed E-state index contributed by atoms with van der Waals surface area (Å²) in [7, 11) is 2.13. The fraction of sp³-hybridized carbons (Fsp3) is 0.591. The van der Waals surface area contributed by atoms with Gasteiger partial charge in [0.05, 0.1) is 0 Å². The monoisotopic (exact) mass is 472 g/mol. The minimum absolute atomic E-state index is 0.214. The van der Waals surface area contributed by atoms with E-state index in [9.17, 15) is 9.90 Å². The van der Waals surface area contributed by atoms with Gasteiger partial charge in [0.25, 0.3) is 0 Å². The van der Waals surface area contributed by atoms with Crippen LogP contribution in [0.5, 0.6) is 0 Å². The van der Waals surface area contributed by atoms with E-state index in [1.165, 1.54) is 0 Å². The van der Waals surface area contributed by atoms with Crippen molar-refractivity contribution in [3.05, 3.63) is 30.1 Å². The topological polar surface area (TPSA) is 157 Å². The van der Waals surface area contributed by atoms with Crippen LogP contribution in [0.1, 0.15) is 24.8 Å². The Morgan fingerprint density at radius 3 is 2.53 bits per heavy atom. The van der Waals surface area contributed by atoms with Gasteiger partial charge in [-0.3, -0.25) is 9.88 Å². The fourth-order valence-corrected chi connectivity index (χ4v) is 3.59. The van der Waals surface area contributed by atoms with Gasteiger partial charge in [-0.25, -0.2) is 4.79 Å². The number of nitrogens with two attached hydrogens (primary N) is 1. The number of aromatic nitrogens is 4. The number of nitrogens with one attached hydrogen (secondary N) is 3. The van der Waals surface area contributed by atoms with Gasteiger partial charge in [0, 0.05) is 58.2 Å². The van der Waals surface area contributed by atoms with Crippen LogP contribution in [-0.4, -0.2) is 99.7 Å². The predicted octanol–water partition coefficient (Wildman–Crippen LogP) is 0.532. The Balaban J connectivity index is 1.66. The number of unbranched alkanes of at least 4 members (excludes halogenated alkanes) is 1. The lowest BCUT2D eigenvalue weighted by Crippen LogP contribution is -2.45. The van der Waals surface area contributed by atoms with E-state index in [4.69, 9.17) is 5.73 Å². The van der Waals surface area contributed by atoms with E-state index >= 15 is 0 Å². The maximum Gasteiger partial charge on any atom is 0.326 e. The summed E-state index contributed by atoms with van der Waals surface area (Å²) in [6.45, 7) is 6.74. The molecule has 0 aliphatic carbocycles. The molecule has 1 aliphatic heterocycles. The second kappa shape index (κ2) is 13.6. The first-order valence-corrected chi connectivity index (χ1v) is 11.8. The van der Waals surface area contributed by atoms with Crippen molar-refractivity contribution in [1.29, 1.82) is 0 Å². The summed E-state index contributed by atoms with van der Waals surface area (Å²) in [5.74, 6) is 0.0127. The molecule has 0 radical (unpaired) electrons. The first-order valence-electron chi connectivity index (χ1n) is 11.8. The Bertz CT molecular complexity index is 877. The van der Waals surface area contributed by atoms with Crippen molar-refractivity contribution < 1.29 is 9.90 Å². The van der Waals surface area contributed by atoms with E-state index in [0.717, 1.165) is 44.7 Å². The molecule has 186 valence electrons. The number of likely N-dealkylation sites (N-methyl/N-ethyl adjacent to an activating group) is 1. The van der Waals surface area contributed by atoms with Gasteiger partial charge in [-0.2, -0.15) is 15.0 Å². The van der Waals surface area contributed by atoms with Gasteiger partial charge < -0.3 is 31.7 Å². The van der Waals surface area contributed by atoms with Gasteiger partial charge in [0.2, 0.25) is 17.8 Å². The first-order chi connectivity index (χ1) is 16.5. The number of carboxylic acid groups (broad SMARTS) is 1. The zero-order valence-electron chi connectivity index (χ0n) is 19.8. The average Bonchev–Trinajstić information content (AvgIpc) is 2.84. The largest absolute Gasteiger partial charge is 0.480 e. The van der Waals surface area contributed by atoms with Crippen LogP contribution >= 0.6 is 0 Å². The highest BCUT2D eigenvalue weighted by atomic mass is 16.4. The van der Waals surface area contributed by atoms with E-state index < -0.39 is 12.0 Å². The molecule has 2 aromatic heterocycles. The number of aliphatic carboxylic acids is 1. The summed E-state index contributed by atoms with van der Waals surface area (Å²) in [5.41, 5.74) is 6.52. The molecular formula is C22H36N10O2. The highest BCUT2D eigenvalue weighted by Gasteiger charge is 2.19. The van der Waals surface area contributed by atoms with Crippen molar-refractivity contribution in [2.45, 2.75) is 31.8 Å². The number of hydrogen-bond donors (Lipinski definition) is 5. The molecule has 1 atom stereocenters. The number of carboxylic acids is 1. The highest BCUT2D eigenvalue weighted by Crippen LogP contribution is 2.14. The van der Waals surface area contributed by atoms with Gasteiger partial charge in [-0.1, -0.05) is 6.07 Å². The van der Waals surface area contributed by atoms with Crippen molar-refractivity contribution in [2.24, 2.45) is 5.73 Å². The summed E-state index contributed by atoms with van der Waals surface area (Å²) in [5, 5.41) is 19.0. The number of hydrogen-bond acceptors (Lipinski definition) is 11. The molecule has 1 saturated heterocycles. The third kappa shape index (κ3) is 8.69. The van der Waals surface area contributed by atoms with E-state index in [0.29, 0.717) is 44.4 Å². The van der Waals surface area contributed by atoms with E-state index in [2.05, 4.69) is 52.7 Å². The molecule has 0 unspecified atom stereocenters. The molecule has 12 heteroatoms. The minimum Gasteiger partial charge on any atom is -0.480 e. The molecule has 2 aromatic rings. The van der Waals surface area contributed by atoms with Crippen LogP contribution in [-0.2, 0) is 11.3 Å². The number of piperazine rings is 1.